The van der Waals surface area contributed by atoms with Gasteiger partial charge in [0.25, 0.3) is 5.91 Å². The van der Waals surface area contributed by atoms with E-state index in [1.54, 1.807) is 17.0 Å². The lowest BCUT2D eigenvalue weighted by Gasteiger charge is -2.30. The Morgan fingerprint density at radius 3 is 2.71 bits per heavy atom. The van der Waals surface area contributed by atoms with E-state index in [2.05, 4.69) is 15.6 Å². The quantitative estimate of drug-likeness (QED) is 0.660. The number of amides is 3. The summed E-state index contributed by atoms with van der Waals surface area (Å²) in [6.45, 7) is 2.22. The summed E-state index contributed by atoms with van der Waals surface area (Å²) >= 11 is 0. The molecule has 0 spiro atoms. The number of rotatable bonds is 1. The highest BCUT2D eigenvalue weighted by Crippen LogP contribution is 2.28. The second kappa shape index (κ2) is 11.5. The Hall–Kier alpha value is -3.62. The van der Waals surface area contributed by atoms with Gasteiger partial charge >= 0.3 is 0 Å². The number of carbonyl (C=O) groups is 3. The molecular weight excluding hydrogens is 436 g/mol. The lowest BCUT2D eigenvalue weighted by molar-refractivity contribution is -0.137. The zero-order valence-electron chi connectivity index (χ0n) is 19.1. The Morgan fingerprint density at radius 2 is 1.79 bits per heavy atom. The number of benzene rings is 1. The van der Waals surface area contributed by atoms with Crippen LogP contribution in [0.3, 0.4) is 0 Å². The molecule has 3 heterocycles. The summed E-state index contributed by atoms with van der Waals surface area (Å²) in [4.78, 5) is 44.1. The number of nitrogens with zero attached hydrogens (tertiary/aromatic N) is 2. The lowest BCUT2D eigenvalue weighted by Crippen LogP contribution is -2.43. The minimum absolute atomic E-state index is 0.0165. The van der Waals surface area contributed by atoms with Crippen molar-refractivity contribution < 1.29 is 23.9 Å². The third-order valence-corrected chi connectivity index (χ3v) is 5.93. The van der Waals surface area contributed by atoms with Gasteiger partial charge in [-0.25, -0.2) is 4.98 Å². The van der Waals surface area contributed by atoms with Crippen LogP contribution in [0.25, 0.3) is 0 Å². The first kappa shape index (κ1) is 23.5. The molecule has 2 N–H and O–H groups in total. The van der Waals surface area contributed by atoms with E-state index >= 15 is 0 Å². The van der Waals surface area contributed by atoms with Crippen LogP contribution in [0.4, 0.5) is 0 Å². The first-order chi connectivity index (χ1) is 16.6. The summed E-state index contributed by atoms with van der Waals surface area (Å²) < 4.78 is 11.5. The van der Waals surface area contributed by atoms with Gasteiger partial charge in [-0.05, 0) is 43.0 Å². The average Bonchev–Trinajstić information content (AvgIpc) is 2.87. The number of hydrogen-bond donors (Lipinski definition) is 2. The van der Waals surface area contributed by atoms with Crippen LogP contribution in [-0.4, -0.2) is 67.0 Å². The largest absolute Gasteiger partial charge is 0.492 e. The molecule has 0 fully saturated rings. The molecule has 1 aromatic heterocycles. The van der Waals surface area contributed by atoms with Gasteiger partial charge in [0.2, 0.25) is 11.8 Å². The summed E-state index contributed by atoms with van der Waals surface area (Å²) in [5.41, 5.74) is 1.23. The SMILES string of the molecule is O=C1CCCN(C(=O)C2COc3ccccc3C2)CCCNC(=O)c2ncccc2OCCN1. The smallest absolute Gasteiger partial charge is 0.273 e. The van der Waals surface area contributed by atoms with Gasteiger partial charge in [-0.3, -0.25) is 14.4 Å². The number of carbonyl (C=O) groups excluding carboxylic acids is 3. The van der Waals surface area contributed by atoms with Crippen LogP contribution in [0.5, 0.6) is 11.5 Å². The van der Waals surface area contributed by atoms with E-state index in [0.717, 1.165) is 11.3 Å². The molecule has 0 saturated heterocycles. The molecule has 0 aliphatic carbocycles. The minimum atomic E-state index is -0.332. The Labute approximate surface area is 198 Å². The summed E-state index contributed by atoms with van der Waals surface area (Å²) in [5.74, 6) is 0.525. The second-order valence-corrected chi connectivity index (χ2v) is 8.41. The summed E-state index contributed by atoms with van der Waals surface area (Å²) in [6.07, 6.45) is 3.62. The molecule has 2 aliphatic rings. The average molecular weight is 467 g/mol. The molecule has 1 unspecified atom stereocenters. The molecule has 9 heteroatoms. The molecule has 9 nitrogen and oxygen atoms in total. The predicted molar refractivity (Wildman–Crippen MR) is 125 cm³/mol. The van der Waals surface area contributed by atoms with Crippen molar-refractivity contribution in [2.75, 3.05) is 39.4 Å². The van der Waals surface area contributed by atoms with Crippen LogP contribution in [0.2, 0.25) is 0 Å². The van der Waals surface area contributed by atoms with Gasteiger partial charge in [-0.2, -0.15) is 0 Å². The molecule has 2 aromatic rings. The maximum Gasteiger partial charge on any atom is 0.273 e. The van der Waals surface area contributed by atoms with E-state index in [4.69, 9.17) is 9.47 Å². The molecule has 0 bridgehead atoms. The Balaban J connectivity index is 1.42. The van der Waals surface area contributed by atoms with Crippen molar-refractivity contribution >= 4 is 17.7 Å². The lowest BCUT2D eigenvalue weighted by atomic mass is 9.95. The van der Waals surface area contributed by atoms with Gasteiger partial charge in [0.1, 0.15) is 19.0 Å². The molecule has 1 aromatic carbocycles. The van der Waals surface area contributed by atoms with Crippen molar-refractivity contribution in [3.63, 3.8) is 0 Å². The van der Waals surface area contributed by atoms with Gasteiger partial charge in [-0.15, -0.1) is 0 Å². The van der Waals surface area contributed by atoms with E-state index in [0.29, 0.717) is 64.2 Å². The van der Waals surface area contributed by atoms with E-state index in [1.165, 1.54) is 6.20 Å². The molecular formula is C25H30N4O5. The Kier molecular flexibility index (Phi) is 7.95. The zero-order chi connectivity index (χ0) is 23.8. The summed E-state index contributed by atoms with van der Waals surface area (Å²) in [6, 6.07) is 11.1. The Morgan fingerprint density at radius 1 is 0.971 bits per heavy atom. The third-order valence-electron chi connectivity index (χ3n) is 5.93. The summed E-state index contributed by atoms with van der Waals surface area (Å²) in [7, 11) is 0. The second-order valence-electron chi connectivity index (χ2n) is 8.41. The fourth-order valence-corrected chi connectivity index (χ4v) is 4.18. The monoisotopic (exact) mass is 466 g/mol. The van der Waals surface area contributed by atoms with Crippen molar-refractivity contribution in [2.45, 2.75) is 25.7 Å². The number of ether oxygens (including phenoxy) is 2. The van der Waals surface area contributed by atoms with Crippen LogP contribution in [0.15, 0.2) is 42.6 Å². The first-order valence-corrected chi connectivity index (χ1v) is 11.7. The molecule has 2 aliphatic heterocycles. The summed E-state index contributed by atoms with van der Waals surface area (Å²) in [5, 5.41) is 5.68. The molecule has 4 rings (SSSR count). The van der Waals surface area contributed by atoms with Crippen molar-refractivity contribution in [3.05, 3.63) is 53.9 Å². The number of nitrogens with one attached hydrogen (secondary N) is 2. The van der Waals surface area contributed by atoms with Gasteiger partial charge in [0, 0.05) is 32.3 Å². The van der Waals surface area contributed by atoms with Crippen LogP contribution in [-0.2, 0) is 16.0 Å². The van der Waals surface area contributed by atoms with E-state index < -0.39 is 0 Å². The molecule has 0 saturated carbocycles. The van der Waals surface area contributed by atoms with E-state index in [1.807, 2.05) is 24.3 Å². The normalized spacial score (nSPS) is 20.0. The fraction of sp³-hybridized carbons (Fsp3) is 0.440. The highest BCUT2D eigenvalue weighted by molar-refractivity contribution is 5.94. The maximum absolute atomic E-state index is 13.3. The molecule has 0 radical (unpaired) electrons. The van der Waals surface area contributed by atoms with Crippen molar-refractivity contribution in [2.24, 2.45) is 5.92 Å². The van der Waals surface area contributed by atoms with Crippen LogP contribution in [0, 0.1) is 5.92 Å². The van der Waals surface area contributed by atoms with Gasteiger partial charge in [0.15, 0.2) is 11.4 Å². The third kappa shape index (κ3) is 6.03. The highest BCUT2D eigenvalue weighted by atomic mass is 16.5. The Bertz CT molecular complexity index is 1030. The minimum Gasteiger partial charge on any atom is -0.492 e. The van der Waals surface area contributed by atoms with Crippen LogP contribution < -0.4 is 20.1 Å². The number of para-hydroxylation sites is 1. The predicted octanol–water partition coefficient (Wildman–Crippen LogP) is 1.57. The van der Waals surface area contributed by atoms with Gasteiger partial charge in [0.05, 0.1) is 12.5 Å². The fourth-order valence-electron chi connectivity index (χ4n) is 4.18. The number of fused-ring (bicyclic) bond motifs is 2. The molecule has 180 valence electrons. The highest BCUT2D eigenvalue weighted by Gasteiger charge is 2.29. The van der Waals surface area contributed by atoms with Crippen molar-refractivity contribution in [1.29, 1.82) is 0 Å². The van der Waals surface area contributed by atoms with Crippen molar-refractivity contribution in [3.8, 4) is 11.5 Å². The van der Waals surface area contributed by atoms with E-state index in [9.17, 15) is 14.4 Å². The van der Waals surface area contributed by atoms with Gasteiger partial charge < -0.3 is 25.0 Å². The first-order valence-electron chi connectivity index (χ1n) is 11.7. The van der Waals surface area contributed by atoms with Crippen LogP contribution in [0.1, 0.15) is 35.3 Å². The number of hydrogen-bond acceptors (Lipinski definition) is 6. The zero-order valence-corrected chi connectivity index (χ0v) is 19.1. The standard InChI is InChI=1S/C25H30N4O5/c30-22-9-4-13-29(25(32)19-16-18-6-1-2-7-20(18)34-17-19)14-5-11-28-24(31)23-21(8-3-10-27-23)33-15-12-26-22/h1-3,6-8,10,19H,4-5,9,11-17H2,(H,26,30)(H,28,31). The number of pyridine rings is 1. The molecule has 3 amide bonds. The maximum atomic E-state index is 13.3. The molecule has 34 heavy (non-hydrogen) atoms. The topological polar surface area (TPSA) is 110 Å². The number of aromatic nitrogens is 1. The van der Waals surface area contributed by atoms with E-state index in [-0.39, 0.29) is 35.9 Å². The van der Waals surface area contributed by atoms with Crippen LogP contribution >= 0.6 is 0 Å². The van der Waals surface area contributed by atoms with Gasteiger partial charge in [-0.1, -0.05) is 18.2 Å². The molecule has 1 atom stereocenters. The van der Waals surface area contributed by atoms with Crippen molar-refractivity contribution in [1.82, 2.24) is 20.5 Å².